The van der Waals surface area contributed by atoms with Gasteiger partial charge in [0.15, 0.2) is 0 Å². The first-order valence-electron chi connectivity index (χ1n) is 6.79. The molecule has 0 aliphatic rings. The molecule has 0 bridgehead atoms. The third-order valence-corrected chi connectivity index (χ3v) is 3.16. The molecule has 0 aromatic heterocycles. The van der Waals surface area contributed by atoms with E-state index in [9.17, 15) is 9.50 Å². The van der Waals surface area contributed by atoms with Gasteiger partial charge in [0.1, 0.15) is 11.9 Å². The van der Waals surface area contributed by atoms with Crippen LogP contribution < -0.4 is 0 Å². The summed E-state index contributed by atoms with van der Waals surface area (Å²) < 4.78 is 18.8. The van der Waals surface area contributed by atoms with E-state index in [0.717, 1.165) is 11.1 Å². The first kappa shape index (κ1) is 14.7. The van der Waals surface area contributed by atoms with Crippen LogP contribution in [0, 0.1) is 5.82 Å². The lowest BCUT2D eigenvalue weighted by Gasteiger charge is -2.23. The Morgan fingerprint density at radius 1 is 1.10 bits per heavy atom. The molecule has 106 valence electrons. The quantitative estimate of drug-likeness (QED) is 0.873. The zero-order valence-electron chi connectivity index (χ0n) is 11.5. The number of hydrogen-bond donors (Lipinski definition) is 1. The molecule has 0 aliphatic heterocycles. The zero-order chi connectivity index (χ0) is 14.4. The molecule has 0 spiro atoms. The standard InChI is InChI=1S/C17H19FO2/c1-2-20-17(14-8-4-3-5-9-14)16(19)12-13-7-6-10-15(18)11-13/h3-11,16-17,19H,2,12H2,1H3. The maximum absolute atomic E-state index is 13.2. The first-order chi connectivity index (χ1) is 9.70. The summed E-state index contributed by atoms with van der Waals surface area (Å²) in [5, 5.41) is 10.4. The number of halogens is 1. The highest BCUT2D eigenvalue weighted by Crippen LogP contribution is 2.24. The molecule has 2 unspecified atom stereocenters. The molecule has 2 nitrogen and oxygen atoms in total. The van der Waals surface area contributed by atoms with Gasteiger partial charge < -0.3 is 9.84 Å². The van der Waals surface area contributed by atoms with Crippen molar-refractivity contribution in [3.05, 3.63) is 71.5 Å². The Morgan fingerprint density at radius 3 is 2.50 bits per heavy atom. The van der Waals surface area contributed by atoms with Crippen molar-refractivity contribution in [3.8, 4) is 0 Å². The van der Waals surface area contributed by atoms with Crippen molar-refractivity contribution in [3.63, 3.8) is 0 Å². The van der Waals surface area contributed by atoms with Crippen LogP contribution in [0.2, 0.25) is 0 Å². The third-order valence-electron chi connectivity index (χ3n) is 3.16. The van der Waals surface area contributed by atoms with Crippen LogP contribution in [-0.2, 0) is 11.2 Å². The minimum atomic E-state index is -0.709. The maximum atomic E-state index is 13.2. The number of aliphatic hydroxyl groups excluding tert-OH is 1. The van der Waals surface area contributed by atoms with Crippen LogP contribution >= 0.6 is 0 Å². The Bertz CT molecular complexity index is 528. The van der Waals surface area contributed by atoms with Gasteiger partial charge in [-0.25, -0.2) is 4.39 Å². The van der Waals surface area contributed by atoms with Crippen molar-refractivity contribution < 1.29 is 14.2 Å². The van der Waals surface area contributed by atoms with Crippen LogP contribution in [0.3, 0.4) is 0 Å². The fraction of sp³-hybridized carbons (Fsp3) is 0.294. The lowest BCUT2D eigenvalue weighted by atomic mass is 9.98. The van der Waals surface area contributed by atoms with Gasteiger partial charge in [0.2, 0.25) is 0 Å². The van der Waals surface area contributed by atoms with Crippen LogP contribution in [0.1, 0.15) is 24.2 Å². The molecule has 2 rings (SSSR count). The van der Waals surface area contributed by atoms with Gasteiger partial charge in [0.05, 0.1) is 6.10 Å². The van der Waals surface area contributed by atoms with Gasteiger partial charge in [0, 0.05) is 13.0 Å². The van der Waals surface area contributed by atoms with E-state index >= 15 is 0 Å². The first-order valence-corrected chi connectivity index (χ1v) is 6.79. The van der Waals surface area contributed by atoms with E-state index in [4.69, 9.17) is 4.74 Å². The lowest BCUT2D eigenvalue weighted by molar-refractivity contribution is -0.0340. The SMILES string of the molecule is CCOC(c1ccccc1)C(O)Cc1cccc(F)c1. The van der Waals surface area contributed by atoms with Gasteiger partial charge in [-0.15, -0.1) is 0 Å². The zero-order valence-corrected chi connectivity index (χ0v) is 11.5. The van der Waals surface area contributed by atoms with E-state index in [0.29, 0.717) is 13.0 Å². The molecule has 0 saturated carbocycles. The van der Waals surface area contributed by atoms with Crippen molar-refractivity contribution in [2.45, 2.75) is 25.6 Å². The lowest BCUT2D eigenvalue weighted by Crippen LogP contribution is -2.23. The van der Waals surface area contributed by atoms with E-state index in [1.54, 1.807) is 12.1 Å². The van der Waals surface area contributed by atoms with Gasteiger partial charge in [-0.1, -0.05) is 42.5 Å². The van der Waals surface area contributed by atoms with Gasteiger partial charge in [-0.2, -0.15) is 0 Å². The molecule has 1 N–H and O–H groups in total. The summed E-state index contributed by atoms with van der Waals surface area (Å²) in [5.41, 5.74) is 1.69. The van der Waals surface area contributed by atoms with Crippen LogP contribution in [0.15, 0.2) is 54.6 Å². The largest absolute Gasteiger partial charge is 0.390 e. The number of hydrogen-bond acceptors (Lipinski definition) is 2. The molecular formula is C17H19FO2. The average Bonchev–Trinajstić information content (AvgIpc) is 2.45. The highest BCUT2D eigenvalue weighted by Gasteiger charge is 2.21. The van der Waals surface area contributed by atoms with E-state index in [1.165, 1.54) is 12.1 Å². The normalized spacial score (nSPS) is 13.9. The summed E-state index contributed by atoms with van der Waals surface area (Å²) in [6, 6.07) is 15.9. The van der Waals surface area contributed by atoms with E-state index in [2.05, 4.69) is 0 Å². The van der Waals surface area contributed by atoms with Crippen LogP contribution in [0.4, 0.5) is 4.39 Å². The summed E-state index contributed by atoms with van der Waals surface area (Å²) >= 11 is 0. The molecule has 2 atom stereocenters. The molecule has 2 aromatic carbocycles. The Kier molecular flexibility index (Phi) is 5.27. The minimum Gasteiger partial charge on any atom is -0.390 e. The predicted octanol–water partition coefficient (Wildman–Crippen LogP) is 3.51. The second-order valence-corrected chi connectivity index (χ2v) is 4.69. The molecule has 0 heterocycles. The molecule has 3 heteroatoms. The minimum absolute atomic E-state index is 0.289. The van der Waals surface area contributed by atoms with Crippen LogP contribution in [0.5, 0.6) is 0 Å². The highest BCUT2D eigenvalue weighted by atomic mass is 19.1. The van der Waals surface area contributed by atoms with Gasteiger partial charge in [0.25, 0.3) is 0 Å². The number of benzene rings is 2. The maximum Gasteiger partial charge on any atom is 0.123 e. The molecule has 2 aromatic rings. The summed E-state index contributed by atoms with van der Waals surface area (Å²) in [5.74, 6) is -0.289. The Morgan fingerprint density at radius 2 is 1.85 bits per heavy atom. The van der Waals surface area contributed by atoms with Crippen LogP contribution in [0.25, 0.3) is 0 Å². The average molecular weight is 274 g/mol. The fourth-order valence-corrected chi connectivity index (χ4v) is 2.26. The summed E-state index contributed by atoms with van der Waals surface area (Å²) in [6.45, 7) is 2.41. The second kappa shape index (κ2) is 7.17. The number of rotatable bonds is 6. The predicted molar refractivity (Wildman–Crippen MR) is 76.9 cm³/mol. The topological polar surface area (TPSA) is 29.5 Å². The van der Waals surface area contributed by atoms with Crippen LogP contribution in [-0.4, -0.2) is 17.8 Å². The molecule has 0 saturated heterocycles. The molecular weight excluding hydrogens is 255 g/mol. The molecule has 20 heavy (non-hydrogen) atoms. The molecule has 0 radical (unpaired) electrons. The fourth-order valence-electron chi connectivity index (χ4n) is 2.26. The third kappa shape index (κ3) is 3.89. The smallest absolute Gasteiger partial charge is 0.123 e. The van der Waals surface area contributed by atoms with Gasteiger partial charge in [-0.05, 0) is 30.2 Å². The molecule has 0 aliphatic carbocycles. The summed E-state index contributed by atoms with van der Waals surface area (Å²) in [6.07, 6.45) is -0.749. The highest BCUT2D eigenvalue weighted by molar-refractivity contribution is 5.21. The molecule has 0 fully saturated rings. The van der Waals surface area contributed by atoms with E-state index in [1.807, 2.05) is 37.3 Å². The second-order valence-electron chi connectivity index (χ2n) is 4.69. The van der Waals surface area contributed by atoms with Gasteiger partial charge in [-0.3, -0.25) is 0 Å². The van der Waals surface area contributed by atoms with Crippen molar-refractivity contribution in [2.24, 2.45) is 0 Å². The van der Waals surface area contributed by atoms with Crippen molar-refractivity contribution in [1.29, 1.82) is 0 Å². The summed E-state index contributed by atoms with van der Waals surface area (Å²) in [4.78, 5) is 0. The summed E-state index contributed by atoms with van der Waals surface area (Å²) in [7, 11) is 0. The van der Waals surface area contributed by atoms with Crippen molar-refractivity contribution in [1.82, 2.24) is 0 Å². The monoisotopic (exact) mass is 274 g/mol. The van der Waals surface area contributed by atoms with Gasteiger partial charge >= 0.3 is 0 Å². The Labute approximate surface area is 118 Å². The van der Waals surface area contributed by atoms with Crippen molar-refractivity contribution >= 4 is 0 Å². The number of aliphatic hydroxyl groups is 1. The Hall–Kier alpha value is -1.71. The van der Waals surface area contributed by atoms with Crippen molar-refractivity contribution in [2.75, 3.05) is 6.61 Å². The molecule has 0 amide bonds. The Balaban J connectivity index is 2.13. The number of ether oxygens (including phenoxy) is 1. The van der Waals surface area contributed by atoms with E-state index < -0.39 is 12.2 Å². The van der Waals surface area contributed by atoms with E-state index in [-0.39, 0.29) is 5.82 Å².